The van der Waals surface area contributed by atoms with Crippen LogP contribution in [0.5, 0.6) is 5.75 Å². The molecule has 0 aliphatic carbocycles. The van der Waals surface area contributed by atoms with E-state index in [4.69, 9.17) is 9.84 Å². The number of rotatable bonds is 8. The number of halogens is 1. The summed E-state index contributed by atoms with van der Waals surface area (Å²) in [5.41, 5.74) is 0. The monoisotopic (exact) mass is 283 g/mol. The summed E-state index contributed by atoms with van der Waals surface area (Å²) in [5.74, 6) is -1.12. The second-order valence-corrected chi connectivity index (χ2v) is 4.48. The quantitative estimate of drug-likeness (QED) is 0.715. The van der Waals surface area contributed by atoms with Crippen molar-refractivity contribution in [1.29, 1.82) is 0 Å². The van der Waals surface area contributed by atoms with Crippen molar-refractivity contribution in [2.45, 2.75) is 32.2 Å². The first kappa shape index (κ1) is 15.9. The molecule has 0 saturated heterocycles. The highest BCUT2D eigenvalue weighted by Gasteiger charge is 2.10. The van der Waals surface area contributed by atoms with Gasteiger partial charge in [-0.25, -0.2) is 4.39 Å². The van der Waals surface area contributed by atoms with Crippen molar-refractivity contribution in [3.05, 3.63) is 30.1 Å². The van der Waals surface area contributed by atoms with Crippen molar-refractivity contribution in [1.82, 2.24) is 5.32 Å². The minimum Gasteiger partial charge on any atom is -0.493 e. The molecule has 0 fully saturated rings. The average Bonchev–Trinajstić information content (AvgIpc) is 2.33. The molecule has 5 nitrogen and oxygen atoms in total. The fraction of sp³-hybridized carbons (Fsp3) is 0.429. The van der Waals surface area contributed by atoms with E-state index < -0.39 is 12.0 Å². The molecule has 20 heavy (non-hydrogen) atoms. The number of ether oxygens (including phenoxy) is 1. The number of aliphatic carboxylic acids is 1. The number of benzene rings is 1. The van der Waals surface area contributed by atoms with Crippen molar-refractivity contribution < 1.29 is 23.8 Å². The van der Waals surface area contributed by atoms with E-state index in [1.54, 1.807) is 19.1 Å². The number of amides is 1. The van der Waals surface area contributed by atoms with Crippen LogP contribution in [0.15, 0.2) is 24.3 Å². The van der Waals surface area contributed by atoms with E-state index in [-0.39, 0.29) is 24.6 Å². The number of carbonyl (C=O) groups excluding carboxylic acids is 1. The number of carbonyl (C=O) groups is 2. The predicted molar refractivity (Wildman–Crippen MR) is 71.0 cm³/mol. The summed E-state index contributed by atoms with van der Waals surface area (Å²) < 4.78 is 18.2. The van der Waals surface area contributed by atoms with Crippen LogP contribution in [-0.2, 0) is 9.59 Å². The molecule has 1 aromatic carbocycles. The molecule has 110 valence electrons. The minimum absolute atomic E-state index is 0.106. The number of hydrogen-bond donors (Lipinski definition) is 2. The zero-order valence-corrected chi connectivity index (χ0v) is 11.3. The number of carboxylic acids is 1. The Kier molecular flexibility index (Phi) is 6.49. The van der Waals surface area contributed by atoms with Gasteiger partial charge in [-0.05, 0) is 25.5 Å². The van der Waals surface area contributed by atoms with Crippen LogP contribution in [0.3, 0.4) is 0 Å². The topological polar surface area (TPSA) is 75.6 Å². The van der Waals surface area contributed by atoms with Gasteiger partial charge in [0.25, 0.3) is 0 Å². The minimum atomic E-state index is -0.952. The van der Waals surface area contributed by atoms with E-state index in [1.165, 1.54) is 12.1 Å². The molecule has 6 heteroatoms. The first-order chi connectivity index (χ1) is 9.47. The smallest absolute Gasteiger partial charge is 0.305 e. The van der Waals surface area contributed by atoms with Gasteiger partial charge < -0.3 is 15.2 Å². The lowest BCUT2D eigenvalue weighted by atomic mass is 10.2. The van der Waals surface area contributed by atoms with Crippen molar-refractivity contribution in [3.63, 3.8) is 0 Å². The molecular weight excluding hydrogens is 265 g/mol. The maximum atomic E-state index is 12.9. The summed E-state index contributed by atoms with van der Waals surface area (Å²) in [6.45, 7) is 1.93. The lowest BCUT2D eigenvalue weighted by Gasteiger charge is -2.11. The van der Waals surface area contributed by atoms with Gasteiger partial charge in [0.05, 0.1) is 13.0 Å². The summed E-state index contributed by atoms with van der Waals surface area (Å²) in [6, 6.07) is 5.38. The van der Waals surface area contributed by atoms with E-state index in [1.807, 2.05) is 0 Å². The van der Waals surface area contributed by atoms with Crippen LogP contribution in [0, 0.1) is 5.82 Å². The van der Waals surface area contributed by atoms with Gasteiger partial charge in [0.1, 0.15) is 11.6 Å². The molecular formula is C14H18FNO4. The molecule has 0 spiro atoms. The molecule has 0 saturated carbocycles. The highest BCUT2D eigenvalue weighted by atomic mass is 19.1. The lowest BCUT2D eigenvalue weighted by Crippen LogP contribution is -2.34. The molecule has 0 aromatic heterocycles. The number of nitrogens with one attached hydrogen (secondary N) is 1. The SMILES string of the molecule is CC(CC(=O)O)NC(=O)CCCOc1cccc(F)c1. The molecule has 0 bridgehead atoms. The fourth-order valence-corrected chi connectivity index (χ4v) is 1.64. The van der Waals surface area contributed by atoms with Crippen LogP contribution in [0.4, 0.5) is 4.39 Å². The second-order valence-electron chi connectivity index (χ2n) is 4.48. The van der Waals surface area contributed by atoms with Crippen LogP contribution in [0.1, 0.15) is 26.2 Å². The van der Waals surface area contributed by atoms with Gasteiger partial charge in [0.15, 0.2) is 0 Å². The molecule has 0 radical (unpaired) electrons. The van der Waals surface area contributed by atoms with Gasteiger partial charge in [-0.1, -0.05) is 6.07 Å². The molecule has 0 heterocycles. The third kappa shape index (κ3) is 6.72. The molecule has 1 unspecified atom stereocenters. The third-order valence-corrected chi connectivity index (χ3v) is 2.50. The van der Waals surface area contributed by atoms with Gasteiger partial charge in [0.2, 0.25) is 5.91 Å². The Hall–Kier alpha value is -2.11. The fourth-order valence-electron chi connectivity index (χ4n) is 1.64. The summed E-state index contributed by atoms with van der Waals surface area (Å²) in [5, 5.41) is 11.1. The molecule has 1 amide bonds. The Morgan fingerprint density at radius 1 is 1.45 bits per heavy atom. The van der Waals surface area contributed by atoms with E-state index >= 15 is 0 Å². The van der Waals surface area contributed by atoms with Gasteiger partial charge in [-0.3, -0.25) is 9.59 Å². The molecule has 0 aliphatic heterocycles. The zero-order valence-electron chi connectivity index (χ0n) is 11.3. The van der Waals surface area contributed by atoms with Gasteiger partial charge in [-0.2, -0.15) is 0 Å². The van der Waals surface area contributed by atoms with Crippen molar-refractivity contribution in [2.24, 2.45) is 0 Å². The molecule has 2 N–H and O–H groups in total. The Balaban J connectivity index is 2.17. The summed E-state index contributed by atoms with van der Waals surface area (Å²) in [6.07, 6.45) is 0.604. The highest BCUT2D eigenvalue weighted by Crippen LogP contribution is 2.12. The number of carboxylic acid groups (broad SMARTS) is 1. The predicted octanol–water partition coefficient (Wildman–Crippen LogP) is 1.96. The third-order valence-electron chi connectivity index (χ3n) is 2.50. The first-order valence-electron chi connectivity index (χ1n) is 6.37. The standard InChI is InChI=1S/C14H18FNO4/c1-10(8-14(18)19)16-13(17)6-3-7-20-12-5-2-4-11(15)9-12/h2,4-5,9-10H,3,6-8H2,1H3,(H,16,17)(H,18,19). The number of hydrogen-bond acceptors (Lipinski definition) is 3. The van der Waals surface area contributed by atoms with Crippen molar-refractivity contribution >= 4 is 11.9 Å². The van der Waals surface area contributed by atoms with Crippen LogP contribution in [0.25, 0.3) is 0 Å². The lowest BCUT2D eigenvalue weighted by molar-refractivity contribution is -0.137. The normalized spacial score (nSPS) is 11.7. The van der Waals surface area contributed by atoms with Crippen LogP contribution in [0.2, 0.25) is 0 Å². The van der Waals surface area contributed by atoms with Gasteiger partial charge in [-0.15, -0.1) is 0 Å². The van der Waals surface area contributed by atoms with E-state index in [0.29, 0.717) is 18.8 Å². The van der Waals surface area contributed by atoms with Crippen molar-refractivity contribution in [2.75, 3.05) is 6.61 Å². The first-order valence-corrected chi connectivity index (χ1v) is 6.37. The molecule has 0 aliphatic rings. The summed E-state index contributed by atoms with van der Waals surface area (Å²) in [4.78, 5) is 21.9. The van der Waals surface area contributed by atoms with E-state index in [9.17, 15) is 14.0 Å². The van der Waals surface area contributed by atoms with Crippen LogP contribution in [-0.4, -0.2) is 29.6 Å². The van der Waals surface area contributed by atoms with Crippen LogP contribution >= 0.6 is 0 Å². The average molecular weight is 283 g/mol. The molecule has 1 aromatic rings. The van der Waals surface area contributed by atoms with Crippen molar-refractivity contribution in [3.8, 4) is 5.75 Å². The van der Waals surface area contributed by atoms with Gasteiger partial charge in [0, 0.05) is 18.5 Å². The summed E-state index contributed by atoms with van der Waals surface area (Å²) >= 11 is 0. The highest BCUT2D eigenvalue weighted by molar-refractivity contribution is 5.77. The second kappa shape index (κ2) is 8.14. The van der Waals surface area contributed by atoms with E-state index in [0.717, 1.165) is 0 Å². The Morgan fingerprint density at radius 3 is 2.85 bits per heavy atom. The maximum absolute atomic E-state index is 12.9. The maximum Gasteiger partial charge on any atom is 0.305 e. The zero-order chi connectivity index (χ0) is 15.0. The Bertz CT molecular complexity index is 464. The van der Waals surface area contributed by atoms with Gasteiger partial charge >= 0.3 is 5.97 Å². The Labute approximate surface area is 116 Å². The molecule has 1 rings (SSSR count). The van der Waals surface area contributed by atoms with E-state index in [2.05, 4.69) is 5.32 Å². The Morgan fingerprint density at radius 2 is 2.20 bits per heavy atom. The van der Waals surface area contributed by atoms with Crippen LogP contribution < -0.4 is 10.1 Å². The largest absolute Gasteiger partial charge is 0.493 e. The molecule has 1 atom stereocenters. The summed E-state index contributed by atoms with van der Waals surface area (Å²) in [7, 11) is 0.